The van der Waals surface area contributed by atoms with Gasteiger partial charge in [-0.25, -0.2) is 0 Å². The lowest BCUT2D eigenvalue weighted by molar-refractivity contribution is 0.224. The van der Waals surface area contributed by atoms with Gasteiger partial charge in [0, 0.05) is 23.3 Å². The number of aliphatic hydroxyl groups excluding tert-OH is 1. The average molecular weight is 287 g/mol. The summed E-state index contributed by atoms with van der Waals surface area (Å²) >= 11 is 3.40. The summed E-state index contributed by atoms with van der Waals surface area (Å²) in [4.78, 5) is 4.11. The maximum absolute atomic E-state index is 9.04. The lowest BCUT2D eigenvalue weighted by atomic mass is 10.0. The highest BCUT2D eigenvalue weighted by Crippen LogP contribution is 2.18. The molecule has 0 saturated carbocycles. The standard InChI is InChI=1S/C12H19BrN2O/c1-3-11(4-9(2)8-16)15-12-5-10(13)6-14-7-12/h5-7,9,11,15-16H,3-4,8H2,1-2H3/t9-,11+/m1/s1. The van der Waals surface area contributed by atoms with E-state index < -0.39 is 0 Å². The molecule has 3 nitrogen and oxygen atoms in total. The second kappa shape index (κ2) is 6.86. The second-order valence-electron chi connectivity index (χ2n) is 4.16. The van der Waals surface area contributed by atoms with E-state index in [2.05, 4.69) is 40.1 Å². The average Bonchev–Trinajstić information content (AvgIpc) is 2.28. The molecule has 90 valence electrons. The van der Waals surface area contributed by atoms with Crippen LogP contribution in [0.5, 0.6) is 0 Å². The van der Waals surface area contributed by atoms with Crippen LogP contribution in [-0.2, 0) is 0 Å². The number of rotatable bonds is 6. The predicted octanol–water partition coefficient (Wildman–Crippen LogP) is 3.05. The summed E-state index contributed by atoms with van der Waals surface area (Å²) in [5, 5.41) is 12.5. The van der Waals surface area contributed by atoms with Crippen LogP contribution < -0.4 is 5.32 Å². The molecular formula is C12H19BrN2O. The fourth-order valence-electron chi connectivity index (χ4n) is 1.61. The minimum atomic E-state index is 0.245. The molecule has 0 radical (unpaired) electrons. The Kier molecular flexibility index (Phi) is 5.77. The Bertz CT molecular complexity index is 320. The molecule has 0 aliphatic rings. The van der Waals surface area contributed by atoms with Crippen molar-refractivity contribution in [3.8, 4) is 0 Å². The van der Waals surface area contributed by atoms with Crippen molar-refractivity contribution < 1.29 is 5.11 Å². The molecule has 1 heterocycles. The summed E-state index contributed by atoms with van der Waals surface area (Å²) in [7, 11) is 0. The number of nitrogens with zero attached hydrogens (tertiary/aromatic N) is 1. The first-order chi connectivity index (χ1) is 7.65. The van der Waals surface area contributed by atoms with E-state index in [0.29, 0.717) is 12.0 Å². The van der Waals surface area contributed by atoms with Crippen LogP contribution in [0.25, 0.3) is 0 Å². The van der Waals surface area contributed by atoms with Crippen molar-refractivity contribution in [1.82, 2.24) is 4.98 Å². The number of pyridine rings is 1. The van der Waals surface area contributed by atoms with Gasteiger partial charge in [0.1, 0.15) is 0 Å². The van der Waals surface area contributed by atoms with E-state index >= 15 is 0 Å². The third-order valence-electron chi connectivity index (χ3n) is 2.57. The Morgan fingerprint density at radius 2 is 2.25 bits per heavy atom. The van der Waals surface area contributed by atoms with E-state index in [1.54, 1.807) is 6.20 Å². The highest BCUT2D eigenvalue weighted by molar-refractivity contribution is 9.10. The van der Waals surface area contributed by atoms with E-state index in [1.165, 1.54) is 0 Å². The molecule has 0 bridgehead atoms. The Labute approximate surface area is 105 Å². The van der Waals surface area contributed by atoms with Crippen molar-refractivity contribution in [3.05, 3.63) is 22.9 Å². The van der Waals surface area contributed by atoms with Crippen LogP contribution in [-0.4, -0.2) is 22.7 Å². The van der Waals surface area contributed by atoms with Gasteiger partial charge in [-0.15, -0.1) is 0 Å². The normalized spacial score (nSPS) is 14.5. The predicted molar refractivity (Wildman–Crippen MR) is 70.5 cm³/mol. The molecule has 0 aromatic carbocycles. The summed E-state index contributed by atoms with van der Waals surface area (Å²) in [5.41, 5.74) is 1.02. The Balaban J connectivity index is 2.56. The Morgan fingerprint density at radius 3 is 2.81 bits per heavy atom. The Morgan fingerprint density at radius 1 is 1.50 bits per heavy atom. The van der Waals surface area contributed by atoms with Crippen molar-refractivity contribution in [2.24, 2.45) is 5.92 Å². The minimum Gasteiger partial charge on any atom is -0.396 e. The zero-order valence-electron chi connectivity index (χ0n) is 9.78. The highest BCUT2D eigenvalue weighted by Gasteiger charge is 2.10. The van der Waals surface area contributed by atoms with Crippen LogP contribution in [0.3, 0.4) is 0 Å². The van der Waals surface area contributed by atoms with Crippen LogP contribution in [0, 0.1) is 5.92 Å². The van der Waals surface area contributed by atoms with Crippen molar-refractivity contribution in [2.75, 3.05) is 11.9 Å². The molecule has 0 spiro atoms. The van der Waals surface area contributed by atoms with E-state index in [9.17, 15) is 0 Å². The molecule has 0 aliphatic carbocycles. The molecular weight excluding hydrogens is 268 g/mol. The van der Waals surface area contributed by atoms with Gasteiger partial charge in [-0.3, -0.25) is 4.98 Å². The number of nitrogens with one attached hydrogen (secondary N) is 1. The number of halogens is 1. The van der Waals surface area contributed by atoms with Gasteiger partial charge in [0.15, 0.2) is 0 Å². The van der Waals surface area contributed by atoms with Crippen LogP contribution in [0.15, 0.2) is 22.9 Å². The van der Waals surface area contributed by atoms with Gasteiger partial charge < -0.3 is 10.4 Å². The summed E-state index contributed by atoms with van der Waals surface area (Å²) < 4.78 is 0.975. The molecule has 0 saturated heterocycles. The first-order valence-corrected chi connectivity index (χ1v) is 6.43. The number of anilines is 1. The number of aliphatic hydroxyl groups is 1. The summed E-state index contributed by atoms with van der Waals surface area (Å²) in [6.45, 7) is 4.45. The number of hydrogen-bond acceptors (Lipinski definition) is 3. The quantitative estimate of drug-likeness (QED) is 0.845. The monoisotopic (exact) mass is 286 g/mol. The molecule has 1 aromatic heterocycles. The lowest BCUT2D eigenvalue weighted by Crippen LogP contribution is -2.22. The largest absolute Gasteiger partial charge is 0.396 e. The topological polar surface area (TPSA) is 45.1 Å². The third kappa shape index (κ3) is 4.49. The summed E-state index contributed by atoms with van der Waals surface area (Å²) in [6.07, 6.45) is 5.59. The molecule has 0 aliphatic heterocycles. The lowest BCUT2D eigenvalue weighted by Gasteiger charge is -2.20. The van der Waals surface area contributed by atoms with E-state index in [-0.39, 0.29) is 6.61 Å². The van der Waals surface area contributed by atoms with Gasteiger partial charge in [-0.2, -0.15) is 0 Å². The molecule has 0 amide bonds. The third-order valence-corrected chi connectivity index (χ3v) is 3.00. The van der Waals surface area contributed by atoms with Gasteiger partial charge >= 0.3 is 0 Å². The van der Waals surface area contributed by atoms with E-state index in [1.807, 2.05) is 12.3 Å². The first kappa shape index (κ1) is 13.5. The van der Waals surface area contributed by atoms with Gasteiger partial charge in [0.05, 0.1) is 11.9 Å². The zero-order valence-corrected chi connectivity index (χ0v) is 11.4. The fraction of sp³-hybridized carbons (Fsp3) is 0.583. The van der Waals surface area contributed by atoms with Crippen molar-refractivity contribution in [1.29, 1.82) is 0 Å². The van der Waals surface area contributed by atoms with E-state index in [0.717, 1.165) is 23.0 Å². The maximum atomic E-state index is 9.04. The number of aromatic nitrogens is 1. The smallest absolute Gasteiger partial charge is 0.0540 e. The highest BCUT2D eigenvalue weighted by atomic mass is 79.9. The molecule has 0 unspecified atom stereocenters. The van der Waals surface area contributed by atoms with Crippen molar-refractivity contribution >= 4 is 21.6 Å². The fourth-order valence-corrected chi connectivity index (χ4v) is 1.98. The molecule has 2 atom stereocenters. The van der Waals surface area contributed by atoms with Crippen LogP contribution in [0.2, 0.25) is 0 Å². The number of hydrogen-bond donors (Lipinski definition) is 2. The van der Waals surface area contributed by atoms with Crippen molar-refractivity contribution in [3.63, 3.8) is 0 Å². The summed E-state index contributed by atoms with van der Waals surface area (Å²) in [6, 6.07) is 2.40. The van der Waals surface area contributed by atoms with Crippen LogP contribution >= 0.6 is 15.9 Å². The molecule has 4 heteroatoms. The SMILES string of the molecule is CC[C@@H](C[C@@H](C)CO)Nc1cncc(Br)c1. The molecule has 1 aromatic rings. The van der Waals surface area contributed by atoms with Gasteiger partial charge in [0.25, 0.3) is 0 Å². The van der Waals surface area contributed by atoms with Gasteiger partial charge in [0.2, 0.25) is 0 Å². The molecule has 16 heavy (non-hydrogen) atoms. The van der Waals surface area contributed by atoms with Crippen molar-refractivity contribution in [2.45, 2.75) is 32.7 Å². The second-order valence-corrected chi connectivity index (χ2v) is 5.08. The van der Waals surface area contributed by atoms with E-state index in [4.69, 9.17) is 5.11 Å². The zero-order chi connectivity index (χ0) is 12.0. The van der Waals surface area contributed by atoms with Gasteiger partial charge in [-0.1, -0.05) is 13.8 Å². The molecule has 1 rings (SSSR count). The molecule has 0 fully saturated rings. The van der Waals surface area contributed by atoms with Gasteiger partial charge in [-0.05, 0) is 40.8 Å². The first-order valence-electron chi connectivity index (χ1n) is 5.63. The Hall–Kier alpha value is -0.610. The maximum Gasteiger partial charge on any atom is 0.0540 e. The van der Waals surface area contributed by atoms with Crippen LogP contribution in [0.4, 0.5) is 5.69 Å². The summed E-state index contributed by atoms with van der Waals surface area (Å²) in [5.74, 6) is 0.331. The minimum absolute atomic E-state index is 0.245. The molecule has 2 N–H and O–H groups in total. The van der Waals surface area contributed by atoms with Crippen LogP contribution in [0.1, 0.15) is 26.7 Å².